The van der Waals surface area contributed by atoms with Crippen LogP contribution in [0.4, 0.5) is 19.0 Å². The van der Waals surface area contributed by atoms with Crippen molar-refractivity contribution in [2.45, 2.75) is 6.18 Å². The van der Waals surface area contributed by atoms with Crippen LogP contribution in [0.2, 0.25) is 0 Å². The molecule has 0 aliphatic carbocycles. The molecule has 2 rings (SSSR count). The number of nitrogens with one attached hydrogen (secondary N) is 1. The highest BCUT2D eigenvalue weighted by atomic mass is 19.4. The van der Waals surface area contributed by atoms with Gasteiger partial charge in [0.1, 0.15) is 5.82 Å². The summed E-state index contributed by atoms with van der Waals surface area (Å²) in [6.07, 6.45) is -4.49. The molecule has 0 aliphatic heterocycles. The number of imidazole rings is 1. The third-order valence-corrected chi connectivity index (χ3v) is 1.64. The first-order chi connectivity index (χ1) is 6.47. The minimum atomic E-state index is -4.49. The number of fused-ring (bicyclic) bond motifs is 1. The first-order valence-electron chi connectivity index (χ1n) is 3.66. The second-order valence-electron chi connectivity index (χ2n) is 2.69. The molecule has 0 unspecified atom stereocenters. The van der Waals surface area contributed by atoms with E-state index in [1.807, 2.05) is 0 Å². The van der Waals surface area contributed by atoms with E-state index in [0.717, 1.165) is 0 Å². The highest BCUT2D eigenvalue weighted by Crippen LogP contribution is 2.28. The molecule has 0 aromatic carbocycles. The molecule has 74 valence electrons. The maximum absolute atomic E-state index is 12.2. The van der Waals surface area contributed by atoms with Crippen LogP contribution in [0.15, 0.2) is 12.1 Å². The molecular weight excluding hydrogens is 197 g/mol. The molecule has 0 saturated carbocycles. The zero-order valence-electron chi connectivity index (χ0n) is 6.76. The van der Waals surface area contributed by atoms with Crippen molar-refractivity contribution < 1.29 is 13.2 Å². The number of aromatic amines is 1. The standard InChI is InChI=1S/C7H5F3N4/c8-7(9,10)6-12-3-1-2-4(11)13-5(3)14-6/h1-2H,(H3,11,12,13,14). The van der Waals surface area contributed by atoms with E-state index < -0.39 is 12.0 Å². The van der Waals surface area contributed by atoms with Crippen LogP contribution in [0.3, 0.4) is 0 Å². The number of anilines is 1. The summed E-state index contributed by atoms with van der Waals surface area (Å²) in [5.74, 6) is -0.927. The van der Waals surface area contributed by atoms with Crippen LogP contribution in [0.5, 0.6) is 0 Å². The molecule has 0 amide bonds. The number of hydrogen-bond acceptors (Lipinski definition) is 3. The average molecular weight is 202 g/mol. The van der Waals surface area contributed by atoms with Gasteiger partial charge in [-0.1, -0.05) is 0 Å². The molecule has 0 saturated heterocycles. The Labute approximate surface area is 76.0 Å². The number of hydrogen-bond donors (Lipinski definition) is 2. The summed E-state index contributed by atoms with van der Waals surface area (Å²) in [5.41, 5.74) is 5.48. The smallest absolute Gasteiger partial charge is 0.384 e. The van der Waals surface area contributed by atoms with E-state index in [-0.39, 0.29) is 17.0 Å². The van der Waals surface area contributed by atoms with E-state index in [2.05, 4.69) is 15.0 Å². The Morgan fingerprint density at radius 3 is 2.57 bits per heavy atom. The molecule has 0 fully saturated rings. The number of pyridine rings is 1. The van der Waals surface area contributed by atoms with Crippen LogP contribution in [0.25, 0.3) is 11.2 Å². The van der Waals surface area contributed by atoms with Gasteiger partial charge < -0.3 is 10.7 Å². The van der Waals surface area contributed by atoms with E-state index in [9.17, 15) is 13.2 Å². The largest absolute Gasteiger partial charge is 0.449 e. The van der Waals surface area contributed by atoms with E-state index in [4.69, 9.17) is 5.73 Å². The highest BCUT2D eigenvalue weighted by Gasteiger charge is 2.34. The number of aromatic nitrogens is 3. The maximum atomic E-state index is 12.2. The van der Waals surface area contributed by atoms with Crippen LogP contribution in [0.1, 0.15) is 5.82 Å². The Hall–Kier alpha value is -1.79. The number of rotatable bonds is 0. The van der Waals surface area contributed by atoms with Crippen molar-refractivity contribution in [1.82, 2.24) is 15.0 Å². The second-order valence-corrected chi connectivity index (χ2v) is 2.69. The van der Waals surface area contributed by atoms with Crippen molar-refractivity contribution in [3.63, 3.8) is 0 Å². The summed E-state index contributed by atoms with van der Waals surface area (Å²) in [7, 11) is 0. The van der Waals surface area contributed by atoms with Gasteiger partial charge in [-0.05, 0) is 12.1 Å². The summed E-state index contributed by atoms with van der Waals surface area (Å²) < 4.78 is 36.5. The van der Waals surface area contributed by atoms with Crippen molar-refractivity contribution in [1.29, 1.82) is 0 Å². The summed E-state index contributed by atoms with van der Waals surface area (Å²) in [4.78, 5) is 9.03. The molecule has 2 aromatic rings. The van der Waals surface area contributed by atoms with Gasteiger partial charge in [0.2, 0.25) is 5.82 Å². The molecule has 7 heteroatoms. The summed E-state index contributed by atoms with van der Waals surface area (Å²) in [5, 5.41) is 0. The molecule has 2 heterocycles. The van der Waals surface area contributed by atoms with Gasteiger partial charge in [0.15, 0.2) is 5.65 Å². The van der Waals surface area contributed by atoms with Gasteiger partial charge in [-0.2, -0.15) is 13.2 Å². The first-order valence-corrected chi connectivity index (χ1v) is 3.66. The quantitative estimate of drug-likeness (QED) is 0.681. The van der Waals surface area contributed by atoms with Crippen LogP contribution in [-0.2, 0) is 6.18 Å². The third-order valence-electron chi connectivity index (χ3n) is 1.64. The zero-order valence-corrected chi connectivity index (χ0v) is 6.76. The van der Waals surface area contributed by atoms with Gasteiger partial charge in [0.05, 0.1) is 5.52 Å². The monoisotopic (exact) mass is 202 g/mol. The van der Waals surface area contributed by atoms with Crippen molar-refractivity contribution in [3.8, 4) is 0 Å². The van der Waals surface area contributed by atoms with E-state index in [1.165, 1.54) is 12.1 Å². The van der Waals surface area contributed by atoms with Crippen LogP contribution < -0.4 is 5.73 Å². The number of nitrogens with two attached hydrogens (primary N) is 1. The number of halogens is 3. The molecule has 0 bridgehead atoms. The average Bonchev–Trinajstić information content (AvgIpc) is 2.45. The van der Waals surface area contributed by atoms with Crippen molar-refractivity contribution in [3.05, 3.63) is 18.0 Å². The highest BCUT2D eigenvalue weighted by molar-refractivity contribution is 5.72. The lowest BCUT2D eigenvalue weighted by atomic mass is 10.4. The molecule has 3 N–H and O–H groups in total. The van der Waals surface area contributed by atoms with Crippen molar-refractivity contribution in [2.75, 3.05) is 5.73 Å². The minimum absolute atomic E-state index is 0.0303. The molecule has 4 nitrogen and oxygen atoms in total. The lowest BCUT2D eigenvalue weighted by Crippen LogP contribution is -2.06. The topological polar surface area (TPSA) is 67.6 Å². The Morgan fingerprint density at radius 2 is 1.93 bits per heavy atom. The predicted octanol–water partition coefficient (Wildman–Crippen LogP) is 1.56. The zero-order chi connectivity index (χ0) is 10.3. The molecule has 0 radical (unpaired) electrons. The summed E-state index contributed by atoms with van der Waals surface area (Å²) in [6, 6.07) is 2.81. The lowest BCUT2D eigenvalue weighted by Gasteiger charge is -1.98. The van der Waals surface area contributed by atoms with Gasteiger partial charge in [-0.15, -0.1) is 0 Å². The van der Waals surface area contributed by atoms with Crippen LogP contribution in [-0.4, -0.2) is 15.0 Å². The molecular formula is C7H5F3N4. The van der Waals surface area contributed by atoms with Crippen LogP contribution in [0, 0.1) is 0 Å². The Bertz CT molecular complexity index is 473. The van der Waals surface area contributed by atoms with Crippen molar-refractivity contribution >= 4 is 17.0 Å². The summed E-state index contributed by atoms with van der Waals surface area (Å²) >= 11 is 0. The van der Waals surface area contributed by atoms with Crippen LogP contribution >= 0.6 is 0 Å². The minimum Gasteiger partial charge on any atom is -0.384 e. The Morgan fingerprint density at radius 1 is 1.21 bits per heavy atom. The van der Waals surface area contributed by atoms with E-state index in [1.54, 1.807) is 0 Å². The molecule has 0 spiro atoms. The first kappa shape index (κ1) is 8.79. The fourth-order valence-corrected chi connectivity index (χ4v) is 1.04. The Balaban J connectivity index is 2.63. The van der Waals surface area contributed by atoms with Gasteiger partial charge >= 0.3 is 6.18 Å². The molecule has 2 aromatic heterocycles. The molecule has 0 aliphatic rings. The van der Waals surface area contributed by atoms with Gasteiger partial charge in [-0.3, -0.25) is 0 Å². The maximum Gasteiger partial charge on any atom is 0.449 e. The number of nitrogen functional groups attached to an aromatic ring is 1. The summed E-state index contributed by atoms with van der Waals surface area (Å²) in [6.45, 7) is 0. The second kappa shape index (κ2) is 2.60. The molecule has 14 heavy (non-hydrogen) atoms. The third kappa shape index (κ3) is 1.36. The van der Waals surface area contributed by atoms with Gasteiger partial charge in [0.25, 0.3) is 0 Å². The van der Waals surface area contributed by atoms with E-state index >= 15 is 0 Å². The Kier molecular flexibility index (Phi) is 1.63. The predicted molar refractivity (Wildman–Crippen MR) is 43.3 cm³/mol. The molecule has 0 atom stereocenters. The fraction of sp³-hybridized carbons (Fsp3) is 0.143. The SMILES string of the molecule is Nc1ccc2[nH]c(C(F)(F)F)nc2n1. The number of nitrogens with zero attached hydrogens (tertiary/aromatic N) is 2. The number of alkyl halides is 3. The fourth-order valence-electron chi connectivity index (χ4n) is 1.04. The van der Waals surface area contributed by atoms with Gasteiger partial charge in [0, 0.05) is 0 Å². The van der Waals surface area contributed by atoms with Gasteiger partial charge in [-0.25, -0.2) is 9.97 Å². The number of H-pyrrole nitrogens is 1. The van der Waals surface area contributed by atoms with E-state index in [0.29, 0.717) is 0 Å². The normalized spacial score (nSPS) is 12.2. The lowest BCUT2D eigenvalue weighted by molar-refractivity contribution is -0.144. The van der Waals surface area contributed by atoms with Crippen molar-refractivity contribution in [2.24, 2.45) is 0 Å².